The Morgan fingerprint density at radius 3 is 2.80 bits per heavy atom. The number of rotatable bonds is 4. The molecule has 0 fully saturated rings. The van der Waals surface area contributed by atoms with Gasteiger partial charge in [0.25, 0.3) is 0 Å². The zero-order chi connectivity index (χ0) is 10.5. The Kier molecular flexibility index (Phi) is 3.09. The number of aromatic amines is 1. The molecule has 78 valence electrons. The van der Waals surface area contributed by atoms with E-state index in [1.807, 2.05) is 18.3 Å². The van der Waals surface area contributed by atoms with Crippen LogP contribution in [0.25, 0.3) is 0 Å². The van der Waals surface area contributed by atoms with Gasteiger partial charge in [0.2, 0.25) is 0 Å². The number of aromatic nitrogens is 3. The molecule has 2 heterocycles. The van der Waals surface area contributed by atoms with Gasteiger partial charge in [0.05, 0.1) is 6.54 Å². The molecule has 0 saturated carbocycles. The van der Waals surface area contributed by atoms with E-state index in [2.05, 4.69) is 27.2 Å². The molecule has 1 atom stereocenters. The first kappa shape index (κ1) is 9.86. The van der Waals surface area contributed by atoms with Crippen LogP contribution in [-0.4, -0.2) is 15.0 Å². The minimum Gasteiger partial charge on any atom is -0.348 e. The Labute approximate surface area is 88.8 Å². The first-order valence-electron chi connectivity index (χ1n) is 4.98. The topological polar surface area (TPSA) is 53.6 Å². The number of imidazole rings is 1. The average Bonchev–Trinajstić information content (AvgIpc) is 2.80. The van der Waals surface area contributed by atoms with Crippen LogP contribution in [0.15, 0.2) is 36.9 Å². The lowest BCUT2D eigenvalue weighted by Gasteiger charge is -2.12. The molecule has 0 radical (unpaired) electrons. The molecule has 0 saturated heterocycles. The van der Waals surface area contributed by atoms with E-state index in [1.165, 1.54) is 5.56 Å². The van der Waals surface area contributed by atoms with Crippen molar-refractivity contribution in [3.05, 3.63) is 48.3 Å². The zero-order valence-corrected chi connectivity index (χ0v) is 8.64. The van der Waals surface area contributed by atoms with Crippen molar-refractivity contribution < 1.29 is 0 Å². The number of H-pyrrole nitrogens is 1. The Morgan fingerprint density at radius 1 is 1.33 bits per heavy atom. The molecule has 4 heteroatoms. The van der Waals surface area contributed by atoms with Gasteiger partial charge in [-0.2, -0.15) is 0 Å². The summed E-state index contributed by atoms with van der Waals surface area (Å²) >= 11 is 0. The maximum atomic E-state index is 4.15. The molecular formula is C11H14N4. The summed E-state index contributed by atoms with van der Waals surface area (Å²) in [6, 6.07) is 4.33. The second-order valence-corrected chi connectivity index (χ2v) is 3.42. The molecule has 2 rings (SSSR count). The third kappa shape index (κ3) is 2.63. The summed E-state index contributed by atoms with van der Waals surface area (Å²) in [5, 5.41) is 3.38. The number of hydrogen-bond acceptors (Lipinski definition) is 3. The van der Waals surface area contributed by atoms with E-state index in [1.54, 1.807) is 18.6 Å². The van der Waals surface area contributed by atoms with Crippen LogP contribution < -0.4 is 5.32 Å². The normalized spacial score (nSPS) is 12.6. The average molecular weight is 202 g/mol. The third-order valence-corrected chi connectivity index (χ3v) is 2.34. The van der Waals surface area contributed by atoms with Crippen molar-refractivity contribution in [2.24, 2.45) is 0 Å². The molecule has 0 aliphatic rings. The van der Waals surface area contributed by atoms with E-state index in [9.17, 15) is 0 Å². The predicted octanol–water partition coefficient (Wildman–Crippen LogP) is 1.66. The summed E-state index contributed by atoms with van der Waals surface area (Å²) in [5.41, 5.74) is 1.23. The molecule has 2 N–H and O–H groups in total. The minimum absolute atomic E-state index is 0.304. The summed E-state index contributed by atoms with van der Waals surface area (Å²) in [4.78, 5) is 11.2. The van der Waals surface area contributed by atoms with Gasteiger partial charge in [0.15, 0.2) is 0 Å². The number of pyridine rings is 1. The van der Waals surface area contributed by atoms with E-state index < -0.39 is 0 Å². The van der Waals surface area contributed by atoms with Crippen molar-refractivity contribution in [3.8, 4) is 0 Å². The summed E-state index contributed by atoms with van der Waals surface area (Å²) in [5.74, 6) is 0.955. The Hall–Kier alpha value is -1.68. The summed E-state index contributed by atoms with van der Waals surface area (Å²) in [6.07, 6.45) is 7.20. The summed E-state index contributed by atoms with van der Waals surface area (Å²) in [7, 11) is 0. The van der Waals surface area contributed by atoms with Crippen molar-refractivity contribution >= 4 is 0 Å². The van der Waals surface area contributed by atoms with Crippen molar-refractivity contribution in [2.75, 3.05) is 0 Å². The van der Waals surface area contributed by atoms with Crippen LogP contribution in [0.5, 0.6) is 0 Å². The van der Waals surface area contributed by atoms with Gasteiger partial charge in [-0.25, -0.2) is 4.98 Å². The van der Waals surface area contributed by atoms with E-state index >= 15 is 0 Å². The van der Waals surface area contributed by atoms with Crippen molar-refractivity contribution in [3.63, 3.8) is 0 Å². The van der Waals surface area contributed by atoms with E-state index in [0.29, 0.717) is 6.04 Å². The lowest BCUT2D eigenvalue weighted by Crippen LogP contribution is -2.18. The molecule has 2 aromatic rings. The van der Waals surface area contributed by atoms with E-state index in [-0.39, 0.29) is 0 Å². The van der Waals surface area contributed by atoms with Crippen molar-refractivity contribution in [1.29, 1.82) is 0 Å². The number of nitrogens with one attached hydrogen (secondary N) is 2. The van der Waals surface area contributed by atoms with Crippen LogP contribution in [0.2, 0.25) is 0 Å². The monoisotopic (exact) mass is 202 g/mol. The fraction of sp³-hybridized carbons (Fsp3) is 0.273. The quantitative estimate of drug-likeness (QED) is 0.792. The second kappa shape index (κ2) is 4.70. The van der Waals surface area contributed by atoms with Gasteiger partial charge in [-0.05, 0) is 24.6 Å². The molecule has 15 heavy (non-hydrogen) atoms. The van der Waals surface area contributed by atoms with Gasteiger partial charge in [0, 0.05) is 30.8 Å². The highest BCUT2D eigenvalue weighted by Gasteiger charge is 2.04. The molecule has 0 amide bonds. The first-order valence-corrected chi connectivity index (χ1v) is 4.98. The minimum atomic E-state index is 0.304. The molecule has 0 aliphatic heterocycles. The zero-order valence-electron chi connectivity index (χ0n) is 8.64. The van der Waals surface area contributed by atoms with Gasteiger partial charge < -0.3 is 10.3 Å². The molecule has 4 nitrogen and oxygen atoms in total. The van der Waals surface area contributed by atoms with Crippen LogP contribution in [0.3, 0.4) is 0 Å². The molecule has 2 aromatic heterocycles. The van der Waals surface area contributed by atoms with Gasteiger partial charge >= 0.3 is 0 Å². The molecule has 0 aliphatic carbocycles. The van der Waals surface area contributed by atoms with Gasteiger partial charge in [0.1, 0.15) is 5.82 Å². The van der Waals surface area contributed by atoms with E-state index in [0.717, 1.165) is 12.4 Å². The molecule has 0 bridgehead atoms. The third-order valence-electron chi connectivity index (χ3n) is 2.34. The Balaban J connectivity index is 1.90. The van der Waals surface area contributed by atoms with Crippen LogP contribution >= 0.6 is 0 Å². The molecule has 0 aromatic carbocycles. The Morgan fingerprint density at radius 2 is 2.13 bits per heavy atom. The van der Waals surface area contributed by atoms with E-state index in [4.69, 9.17) is 0 Å². The number of nitrogens with zero attached hydrogens (tertiary/aromatic N) is 2. The van der Waals surface area contributed by atoms with Gasteiger partial charge in [-0.1, -0.05) is 0 Å². The van der Waals surface area contributed by atoms with Crippen LogP contribution in [0.1, 0.15) is 24.4 Å². The standard InChI is InChI=1S/C11H14N4/c1-9(10-2-4-12-5-3-10)15-8-11-13-6-7-14-11/h2-7,9,15H,8H2,1H3,(H,13,14)/t9-/m0/s1. The van der Waals surface area contributed by atoms with Crippen molar-refractivity contribution in [2.45, 2.75) is 19.5 Å². The lowest BCUT2D eigenvalue weighted by atomic mass is 10.1. The highest BCUT2D eigenvalue weighted by Crippen LogP contribution is 2.10. The summed E-state index contributed by atoms with van der Waals surface area (Å²) in [6.45, 7) is 2.87. The number of hydrogen-bond donors (Lipinski definition) is 2. The second-order valence-electron chi connectivity index (χ2n) is 3.42. The molecular weight excluding hydrogens is 188 g/mol. The predicted molar refractivity (Wildman–Crippen MR) is 58.1 cm³/mol. The fourth-order valence-corrected chi connectivity index (χ4v) is 1.41. The highest BCUT2D eigenvalue weighted by atomic mass is 15.0. The lowest BCUT2D eigenvalue weighted by molar-refractivity contribution is 0.561. The Bertz CT molecular complexity index is 382. The highest BCUT2D eigenvalue weighted by molar-refractivity contribution is 5.13. The largest absolute Gasteiger partial charge is 0.348 e. The van der Waals surface area contributed by atoms with Crippen LogP contribution in [-0.2, 0) is 6.54 Å². The summed E-state index contributed by atoms with van der Waals surface area (Å²) < 4.78 is 0. The maximum Gasteiger partial charge on any atom is 0.120 e. The van der Waals surface area contributed by atoms with Gasteiger partial charge in [-0.15, -0.1) is 0 Å². The van der Waals surface area contributed by atoms with Crippen LogP contribution in [0.4, 0.5) is 0 Å². The van der Waals surface area contributed by atoms with Gasteiger partial charge in [-0.3, -0.25) is 4.98 Å². The smallest absolute Gasteiger partial charge is 0.120 e. The van der Waals surface area contributed by atoms with Crippen molar-refractivity contribution in [1.82, 2.24) is 20.3 Å². The van der Waals surface area contributed by atoms with Crippen LogP contribution in [0, 0.1) is 0 Å². The molecule has 0 unspecified atom stereocenters. The molecule has 0 spiro atoms. The first-order chi connectivity index (χ1) is 7.36. The fourth-order valence-electron chi connectivity index (χ4n) is 1.41. The maximum absolute atomic E-state index is 4.15. The SMILES string of the molecule is C[C@H](NCc1ncc[nH]1)c1ccncc1.